The summed E-state index contributed by atoms with van der Waals surface area (Å²) in [5, 5.41) is 2.91. The SMILES string of the molecule is CNc1ncnc2n[c][nH]c12. The quantitative estimate of drug-likeness (QED) is 0.606. The van der Waals surface area contributed by atoms with Crippen molar-refractivity contribution in [2.45, 2.75) is 0 Å². The van der Waals surface area contributed by atoms with E-state index in [1.54, 1.807) is 7.05 Å². The minimum atomic E-state index is 0.629. The largest absolute Gasteiger partial charge is 0.371 e. The van der Waals surface area contributed by atoms with Gasteiger partial charge in [-0.3, -0.25) is 0 Å². The second-order valence-electron chi connectivity index (χ2n) is 2.02. The number of H-pyrrole nitrogens is 1. The van der Waals surface area contributed by atoms with Crippen molar-refractivity contribution in [3.8, 4) is 0 Å². The molecule has 11 heavy (non-hydrogen) atoms. The first-order valence-corrected chi connectivity index (χ1v) is 3.16. The highest BCUT2D eigenvalue weighted by molar-refractivity contribution is 5.81. The molecule has 0 unspecified atom stereocenters. The van der Waals surface area contributed by atoms with Crippen molar-refractivity contribution in [3.05, 3.63) is 12.7 Å². The maximum Gasteiger partial charge on any atom is 0.183 e. The first-order chi connectivity index (χ1) is 5.42. The average molecular weight is 148 g/mol. The van der Waals surface area contributed by atoms with Gasteiger partial charge < -0.3 is 10.3 Å². The van der Waals surface area contributed by atoms with E-state index in [4.69, 9.17) is 0 Å². The Morgan fingerprint density at radius 1 is 1.55 bits per heavy atom. The number of nitrogens with zero attached hydrogens (tertiary/aromatic N) is 3. The third kappa shape index (κ3) is 0.813. The van der Waals surface area contributed by atoms with Gasteiger partial charge in [0.1, 0.15) is 11.8 Å². The number of hydrogen-bond acceptors (Lipinski definition) is 4. The summed E-state index contributed by atoms with van der Waals surface area (Å²) in [5.41, 5.74) is 1.42. The minimum absolute atomic E-state index is 0.629. The van der Waals surface area contributed by atoms with E-state index in [-0.39, 0.29) is 0 Å². The lowest BCUT2D eigenvalue weighted by Crippen LogP contribution is -1.93. The van der Waals surface area contributed by atoms with Gasteiger partial charge in [-0.15, -0.1) is 0 Å². The van der Waals surface area contributed by atoms with Crippen LogP contribution in [-0.4, -0.2) is 27.0 Å². The van der Waals surface area contributed by atoms with Gasteiger partial charge in [0.25, 0.3) is 0 Å². The fourth-order valence-corrected chi connectivity index (χ4v) is 0.903. The number of anilines is 1. The van der Waals surface area contributed by atoms with Crippen LogP contribution < -0.4 is 5.32 Å². The number of nitrogens with one attached hydrogen (secondary N) is 2. The van der Waals surface area contributed by atoms with E-state index in [2.05, 4.69) is 31.6 Å². The number of hydrogen-bond donors (Lipinski definition) is 2. The van der Waals surface area contributed by atoms with Crippen molar-refractivity contribution in [2.24, 2.45) is 0 Å². The molecule has 2 rings (SSSR count). The van der Waals surface area contributed by atoms with Crippen molar-refractivity contribution in [1.82, 2.24) is 19.9 Å². The lowest BCUT2D eigenvalue weighted by atomic mass is 10.5. The molecule has 2 heterocycles. The Kier molecular flexibility index (Phi) is 1.21. The van der Waals surface area contributed by atoms with Crippen LogP contribution in [0.3, 0.4) is 0 Å². The molecule has 2 aromatic heterocycles. The summed E-state index contributed by atoms with van der Waals surface area (Å²) in [5.74, 6) is 0.740. The monoisotopic (exact) mass is 148 g/mol. The van der Waals surface area contributed by atoms with Crippen LogP contribution in [0.2, 0.25) is 0 Å². The van der Waals surface area contributed by atoms with Gasteiger partial charge in [-0.25, -0.2) is 15.0 Å². The first kappa shape index (κ1) is 6.09. The fourth-order valence-electron chi connectivity index (χ4n) is 0.903. The lowest BCUT2D eigenvalue weighted by molar-refractivity contribution is 1.19. The molecule has 0 aliphatic carbocycles. The third-order valence-corrected chi connectivity index (χ3v) is 1.41. The van der Waals surface area contributed by atoms with E-state index in [1.165, 1.54) is 6.33 Å². The van der Waals surface area contributed by atoms with Crippen molar-refractivity contribution >= 4 is 17.0 Å². The van der Waals surface area contributed by atoms with E-state index in [0.29, 0.717) is 5.65 Å². The Balaban J connectivity index is 2.79. The molecule has 0 saturated carbocycles. The molecule has 5 nitrogen and oxygen atoms in total. The number of fused-ring (bicyclic) bond motifs is 1. The molecule has 2 aromatic rings. The van der Waals surface area contributed by atoms with Crippen LogP contribution in [0.4, 0.5) is 5.82 Å². The fraction of sp³-hybridized carbons (Fsp3) is 0.167. The molecule has 5 heteroatoms. The van der Waals surface area contributed by atoms with Gasteiger partial charge >= 0.3 is 0 Å². The molecule has 0 aliphatic heterocycles. The van der Waals surface area contributed by atoms with E-state index in [9.17, 15) is 0 Å². The molecule has 0 bridgehead atoms. The molecule has 0 spiro atoms. The molecule has 55 valence electrons. The van der Waals surface area contributed by atoms with Crippen LogP contribution in [0.5, 0.6) is 0 Å². The average Bonchev–Trinajstić information content (AvgIpc) is 2.50. The van der Waals surface area contributed by atoms with Crippen LogP contribution in [-0.2, 0) is 0 Å². The minimum Gasteiger partial charge on any atom is -0.371 e. The van der Waals surface area contributed by atoms with Gasteiger partial charge in [-0.05, 0) is 0 Å². The van der Waals surface area contributed by atoms with Crippen molar-refractivity contribution in [1.29, 1.82) is 0 Å². The van der Waals surface area contributed by atoms with Gasteiger partial charge in [-0.2, -0.15) is 0 Å². The summed E-state index contributed by atoms with van der Waals surface area (Å²) in [7, 11) is 1.79. The Morgan fingerprint density at radius 3 is 3.27 bits per heavy atom. The Bertz CT molecular complexity index is 366. The molecule has 0 saturated heterocycles. The van der Waals surface area contributed by atoms with Crippen LogP contribution in [0, 0.1) is 6.33 Å². The normalized spacial score (nSPS) is 10.3. The van der Waals surface area contributed by atoms with Crippen molar-refractivity contribution < 1.29 is 0 Å². The number of aromatic amines is 1. The standard InChI is InChI=1S/C6H6N5/c1-7-5-4-6(10-2-8-4)11-3-9-5/h3H,1H3,(H2,7,8,9,10,11). The highest BCUT2D eigenvalue weighted by Crippen LogP contribution is 2.12. The predicted octanol–water partition coefficient (Wildman–Crippen LogP) is 0.195. The van der Waals surface area contributed by atoms with Crippen molar-refractivity contribution in [3.63, 3.8) is 0 Å². The summed E-state index contributed by atoms with van der Waals surface area (Å²) in [4.78, 5) is 14.6. The summed E-state index contributed by atoms with van der Waals surface area (Å²) in [6.45, 7) is 0. The maximum absolute atomic E-state index is 3.98. The highest BCUT2D eigenvalue weighted by atomic mass is 15.1. The first-order valence-electron chi connectivity index (χ1n) is 3.16. The Labute approximate surface area is 62.9 Å². The number of imidazole rings is 1. The maximum atomic E-state index is 3.98. The molecule has 0 amide bonds. The summed E-state index contributed by atoms with van der Waals surface area (Å²) < 4.78 is 0. The number of aromatic nitrogens is 4. The molecule has 0 aliphatic rings. The summed E-state index contributed by atoms with van der Waals surface area (Å²) in [6.07, 6.45) is 4.06. The Morgan fingerprint density at radius 2 is 2.45 bits per heavy atom. The Hall–Kier alpha value is -1.65. The molecule has 1 radical (unpaired) electrons. The van der Waals surface area contributed by atoms with E-state index >= 15 is 0 Å². The van der Waals surface area contributed by atoms with E-state index < -0.39 is 0 Å². The zero-order valence-corrected chi connectivity index (χ0v) is 5.92. The lowest BCUT2D eigenvalue weighted by Gasteiger charge is -1.96. The van der Waals surface area contributed by atoms with Crippen LogP contribution in [0.1, 0.15) is 0 Å². The highest BCUT2D eigenvalue weighted by Gasteiger charge is 2.01. The topological polar surface area (TPSA) is 66.5 Å². The number of rotatable bonds is 1. The van der Waals surface area contributed by atoms with Gasteiger partial charge in [0.05, 0.1) is 0 Å². The van der Waals surface area contributed by atoms with Crippen LogP contribution in [0.25, 0.3) is 11.2 Å². The van der Waals surface area contributed by atoms with E-state index in [1.807, 2.05) is 0 Å². The molecule has 2 N–H and O–H groups in total. The van der Waals surface area contributed by atoms with E-state index in [0.717, 1.165) is 11.3 Å². The second kappa shape index (κ2) is 2.19. The molecule has 0 fully saturated rings. The van der Waals surface area contributed by atoms with Crippen LogP contribution in [0.15, 0.2) is 6.33 Å². The zero-order chi connectivity index (χ0) is 7.68. The van der Waals surface area contributed by atoms with Gasteiger partial charge in [0.15, 0.2) is 17.8 Å². The third-order valence-electron chi connectivity index (χ3n) is 1.41. The summed E-state index contributed by atoms with van der Waals surface area (Å²) >= 11 is 0. The molecule has 0 aromatic carbocycles. The molecular weight excluding hydrogens is 142 g/mol. The van der Waals surface area contributed by atoms with Gasteiger partial charge in [-0.1, -0.05) is 0 Å². The predicted molar refractivity (Wildman–Crippen MR) is 40.1 cm³/mol. The summed E-state index contributed by atoms with van der Waals surface area (Å²) in [6, 6.07) is 0. The second-order valence-corrected chi connectivity index (χ2v) is 2.02. The zero-order valence-electron chi connectivity index (χ0n) is 5.92. The smallest absolute Gasteiger partial charge is 0.183 e. The van der Waals surface area contributed by atoms with Gasteiger partial charge in [0.2, 0.25) is 0 Å². The molecular formula is C6H6N5. The van der Waals surface area contributed by atoms with Crippen LogP contribution >= 0.6 is 0 Å². The van der Waals surface area contributed by atoms with Gasteiger partial charge in [0, 0.05) is 7.05 Å². The molecule has 0 atom stereocenters. The van der Waals surface area contributed by atoms with Crippen molar-refractivity contribution in [2.75, 3.05) is 12.4 Å².